The van der Waals surface area contributed by atoms with Crippen LogP contribution in [-0.2, 0) is 5.41 Å². The highest BCUT2D eigenvalue weighted by atomic mass is 79.9. The van der Waals surface area contributed by atoms with Crippen molar-refractivity contribution in [3.63, 3.8) is 0 Å². The largest absolute Gasteiger partial charge is 0.0843 e. The summed E-state index contributed by atoms with van der Waals surface area (Å²) in [5.41, 5.74) is 10.2. The molecule has 0 radical (unpaired) electrons. The number of benzene rings is 4. The number of fused-ring (bicyclic) bond motifs is 10. The molecule has 0 N–H and O–H groups in total. The van der Waals surface area contributed by atoms with E-state index in [0.29, 0.717) is 0 Å². The Hall–Kier alpha value is -2.35. The lowest BCUT2D eigenvalue weighted by atomic mass is 9.70. The third-order valence-corrected chi connectivity index (χ3v) is 6.74. The van der Waals surface area contributed by atoms with E-state index < -0.39 is 0 Å². The lowest BCUT2D eigenvalue weighted by Crippen LogP contribution is -2.25. The van der Waals surface area contributed by atoms with Crippen LogP contribution in [0.3, 0.4) is 0 Å². The maximum Gasteiger partial charge on any atom is 0.0725 e. The van der Waals surface area contributed by atoms with E-state index in [0.717, 1.165) is 9.50 Å². The van der Waals surface area contributed by atoms with E-state index in [9.17, 15) is 0 Å². The van der Waals surface area contributed by atoms with Crippen LogP contribution in [0, 0.1) is 0 Å². The van der Waals surface area contributed by atoms with E-state index in [2.05, 4.69) is 94.8 Å². The Kier molecular flexibility index (Phi) is 3.10. The van der Waals surface area contributed by atoms with Crippen molar-refractivity contribution in [3.05, 3.63) is 117 Å². The predicted octanol–water partition coefficient (Wildman–Crippen LogP) is 7.45. The molecule has 0 bridgehead atoms. The third kappa shape index (κ3) is 1.84. The zero-order valence-corrected chi connectivity index (χ0v) is 16.7. The molecule has 0 fully saturated rings. The van der Waals surface area contributed by atoms with Gasteiger partial charge in [0.15, 0.2) is 0 Å². The first kappa shape index (κ1) is 15.7. The zero-order chi connectivity index (χ0) is 18.2. The Morgan fingerprint density at radius 2 is 1.07 bits per heavy atom. The van der Waals surface area contributed by atoms with Crippen LogP contribution in [-0.4, -0.2) is 0 Å². The van der Waals surface area contributed by atoms with E-state index in [1.165, 1.54) is 44.5 Å². The van der Waals surface area contributed by atoms with Crippen molar-refractivity contribution < 1.29 is 0 Å². The van der Waals surface area contributed by atoms with Gasteiger partial charge in [-0.3, -0.25) is 0 Å². The van der Waals surface area contributed by atoms with Gasteiger partial charge in [-0.05, 0) is 68.8 Å². The number of hydrogen-bond acceptors (Lipinski definition) is 0. The van der Waals surface area contributed by atoms with Crippen molar-refractivity contribution in [1.29, 1.82) is 0 Å². The quantitative estimate of drug-likeness (QED) is 0.235. The van der Waals surface area contributed by atoms with Gasteiger partial charge in [-0.15, -0.1) is 0 Å². The molecule has 2 aliphatic carbocycles. The van der Waals surface area contributed by atoms with Gasteiger partial charge >= 0.3 is 0 Å². The average Bonchev–Trinajstić information content (AvgIpc) is 3.14. The van der Waals surface area contributed by atoms with Crippen LogP contribution in [0.5, 0.6) is 0 Å². The normalized spacial score (nSPS) is 18.1. The summed E-state index contributed by atoms with van der Waals surface area (Å²) in [7, 11) is 0. The van der Waals surface area contributed by atoms with E-state index in [4.69, 9.17) is 11.6 Å². The minimum atomic E-state index is -0.275. The van der Waals surface area contributed by atoms with Gasteiger partial charge in [0.2, 0.25) is 0 Å². The number of rotatable bonds is 0. The van der Waals surface area contributed by atoms with Crippen molar-refractivity contribution >= 4 is 27.5 Å². The highest BCUT2D eigenvalue weighted by molar-refractivity contribution is 9.10. The molecular formula is C25H14BrCl. The molecule has 4 aromatic rings. The smallest absolute Gasteiger partial charge is 0.0725 e. The molecule has 4 aromatic carbocycles. The van der Waals surface area contributed by atoms with E-state index in [1.807, 2.05) is 6.07 Å². The van der Waals surface area contributed by atoms with Crippen LogP contribution in [0.2, 0.25) is 5.02 Å². The number of halogens is 2. The third-order valence-electron chi connectivity index (χ3n) is 6.01. The first-order chi connectivity index (χ1) is 13.2. The molecule has 2 heteroatoms. The molecule has 128 valence electrons. The highest BCUT2D eigenvalue weighted by Gasteiger charge is 2.51. The lowest BCUT2D eigenvalue weighted by molar-refractivity contribution is 0.793. The summed E-state index contributed by atoms with van der Waals surface area (Å²) >= 11 is 10.1. The molecule has 1 spiro atoms. The fraction of sp³-hybridized carbons (Fsp3) is 0.0400. The molecule has 0 saturated carbocycles. The predicted molar refractivity (Wildman–Crippen MR) is 115 cm³/mol. The standard InChI is InChI=1S/C25H14BrCl/c26-15-9-11-23-19(13-15)17-5-1-3-7-21(17)25(23)22-8-4-2-6-18(22)20-14-16(27)10-12-24(20)25/h1-14H. The second-order valence-electron chi connectivity index (χ2n) is 7.22. The minimum Gasteiger partial charge on any atom is -0.0843 e. The SMILES string of the molecule is Clc1ccc2c(c1)-c1ccccc1C21c2ccccc2-c2cc(Br)ccc21. The van der Waals surface area contributed by atoms with Crippen LogP contribution < -0.4 is 0 Å². The maximum atomic E-state index is 6.40. The van der Waals surface area contributed by atoms with E-state index >= 15 is 0 Å². The van der Waals surface area contributed by atoms with Gasteiger partial charge in [0.05, 0.1) is 5.41 Å². The summed E-state index contributed by atoms with van der Waals surface area (Å²) < 4.78 is 1.11. The molecule has 0 nitrogen and oxygen atoms in total. The molecule has 6 rings (SSSR count). The second-order valence-corrected chi connectivity index (χ2v) is 8.57. The minimum absolute atomic E-state index is 0.275. The van der Waals surface area contributed by atoms with Gasteiger partial charge in [0.1, 0.15) is 0 Å². The molecule has 2 aliphatic rings. The monoisotopic (exact) mass is 428 g/mol. The van der Waals surface area contributed by atoms with Crippen molar-refractivity contribution in [2.75, 3.05) is 0 Å². The summed E-state index contributed by atoms with van der Waals surface area (Å²) in [6, 6.07) is 30.6. The van der Waals surface area contributed by atoms with Gasteiger partial charge in [0.25, 0.3) is 0 Å². The molecular weight excluding hydrogens is 416 g/mol. The van der Waals surface area contributed by atoms with E-state index in [-0.39, 0.29) is 5.41 Å². The Labute approximate surface area is 171 Å². The molecule has 0 amide bonds. The summed E-state index contributed by atoms with van der Waals surface area (Å²) in [5, 5.41) is 0.780. The van der Waals surface area contributed by atoms with Crippen LogP contribution >= 0.6 is 27.5 Å². The van der Waals surface area contributed by atoms with Crippen LogP contribution in [0.15, 0.2) is 89.4 Å². The Morgan fingerprint density at radius 1 is 0.556 bits per heavy atom. The fourth-order valence-corrected chi connectivity index (χ4v) is 5.63. The molecule has 27 heavy (non-hydrogen) atoms. The van der Waals surface area contributed by atoms with E-state index in [1.54, 1.807) is 0 Å². The topological polar surface area (TPSA) is 0 Å². The van der Waals surface area contributed by atoms with Gasteiger partial charge < -0.3 is 0 Å². The molecule has 1 unspecified atom stereocenters. The highest BCUT2D eigenvalue weighted by Crippen LogP contribution is 2.62. The van der Waals surface area contributed by atoms with Crippen LogP contribution in [0.1, 0.15) is 22.3 Å². The van der Waals surface area contributed by atoms with Crippen molar-refractivity contribution in [2.45, 2.75) is 5.41 Å². The Balaban J connectivity index is 1.86. The zero-order valence-electron chi connectivity index (χ0n) is 14.3. The lowest BCUT2D eigenvalue weighted by Gasteiger charge is -2.30. The van der Waals surface area contributed by atoms with Gasteiger partial charge in [-0.25, -0.2) is 0 Å². The molecule has 0 aromatic heterocycles. The fourth-order valence-electron chi connectivity index (χ4n) is 5.09. The summed E-state index contributed by atoms with van der Waals surface area (Å²) in [5.74, 6) is 0. The first-order valence-corrected chi connectivity index (χ1v) is 10.2. The van der Waals surface area contributed by atoms with Crippen molar-refractivity contribution in [1.82, 2.24) is 0 Å². The van der Waals surface area contributed by atoms with Gasteiger partial charge in [-0.2, -0.15) is 0 Å². The molecule has 0 saturated heterocycles. The van der Waals surface area contributed by atoms with Crippen LogP contribution in [0.4, 0.5) is 0 Å². The summed E-state index contributed by atoms with van der Waals surface area (Å²) in [6.07, 6.45) is 0. The molecule has 0 aliphatic heterocycles. The maximum absolute atomic E-state index is 6.40. The Morgan fingerprint density at radius 3 is 1.74 bits per heavy atom. The number of hydrogen-bond donors (Lipinski definition) is 0. The summed E-state index contributed by atoms with van der Waals surface area (Å²) in [6.45, 7) is 0. The molecule has 1 atom stereocenters. The van der Waals surface area contributed by atoms with Crippen LogP contribution in [0.25, 0.3) is 22.3 Å². The van der Waals surface area contributed by atoms with Gasteiger partial charge in [-0.1, -0.05) is 88.2 Å². The first-order valence-electron chi connectivity index (χ1n) is 9.01. The average molecular weight is 430 g/mol. The summed E-state index contributed by atoms with van der Waals surface area (Å²) in [4.78, 5) is 0. The van der Waals surface area contributed by atoms with Gasteiger partial charge in [0, 0.05) is 9.50 Å². The second kappa shape index (κ2) is 5.34. The van der Waals surface area contributed by atoms with Crippen molar-refractivity contribution in [3.8, 4) is 22.3 Å². The Bertz CT molecular complexity index is 1160. The van der Waals surface area contributed by atoms with Crippen molar-refractivity contribution in [2.24, 2.45) is 0 Å². The molecule has 0 heterocycles.